The number of hydrogen-bond donors (Lipinski definition) is 3. The highest BCUT2D eigenvalue weighted by atomic mass is 16.2. The van der Waals surface area contributed by atoms with E-state index in [1.54, 1.807) is 16.2 Å². The maximum absolute atomic E-state index is 13.1. The van der Waals surface area contributed by atoms with E-state index in [0.29, 0.717) is 42.0 Å². The molecule has 0 saturated carbocycles. The fourth-order valence-electron chi connectivity index (χ4n) is 7.99. The summed E-state index contributed by atoms with van der Waals surface area (Å²) < 4.78 is 3.31. The zero-order chi connectivity index (χ0) is 39.9. The van der Waals surface area contributed by atoms with E-state index in [1.807, 2.05) is 36.5 Å². The van der Waals surface area contributed by atoms with Gasteiger partial charge < -0.3 is 15.5 Å². The number of hydrogen-bond acceptors (Lipinski definition) is 9. The third kappa shape index (κ3) is 8.91. The van der Waals surface area contributed by atoms with Crippen molar-refractivity contribution in [1.82, 2.24) is 35.0 Å². The SMILES string of the molecule is Cn1nc(C2CCC(=O)NC2=O)c2ccc(NC(=O)CCCCCCCCNC(=O)c3nc4c(CN=[N+]=[N-])cc(N5CC[C@](C)(c6ccccc6)C5)cn4n3)cc21. The average Bonchev–Trinajstić information content (AvgIpc) is 3.92. The molecule has 16 heteroatoms. The minimum Gasteiger partial charge on any atom is -0.369 e. The molecule has 3 N–H and O–H groups in total. The van der Waals surface area contributed by atoms with Crippen LogP contribution in [0.25, 0.3) is 27.0 Å². The molecule has 1 unspecified atom stereocenters. The van der Waals surface area contributed by atoms with Crippen LogP contribution < -0.4 is 20.9 Å². The Morgan fingerprint density at radius 2 is 1.82 bits per heavy atom. The Balaban J connectivity index is 0.828. The number of aromatic nitrogens is 5. The molecule has 2 saturated heterocycles. The summed E-state index contributed by atoms with van der Waals surface area (Å²) in [6.45, 7) is 4.55. The summed E-state index contributed by atoms with van der Waals surface area (Å²) in [4.78, 5) is 59.5. The molecule has 4 amide bonds. The standard InChI is InChI=1S/C41H48N12O4/c1-41(28-12-8-7-9-13-28)19-21-52(26-41)30-22-27(24-44-50-42)38-47-37(49-53(38)25-30)40(57)43-20-11-6-4-3-5-10-14-34(54)45-29-15-16-31-33(23-29)51(2)48-36(31)32-17-18-35(55)46-39(32)56/h7-9,12-13,15-16,22-23,25,32H,3-6,10-11,14,17-21,24,26H2,1-2H3,(H,43,57)(H,45,54)(H,46,55,56)/t32?,41-/m0/s1. The van der Waals surface area contributed by atoms with Gasteiger partial charge in [-0.2, -0.15) is 5.10 Å². The van der Waals surface area contributed by atoms with Crippen molar-refractivity contribution in [1.29, 1.82) is 0 Å². The van der Waals surface area contributed by atoms with Gasteiger partial charge in [0, 0.05) is 66.5 Å². The second-order valence-corrected chi connectivity index (χ2v) is 15.3. The van der Waals surface area contributed by atoms with Crippen molar-refractivity contribution in [2.24, 2.45) is 12.2 Å². The number of benzene rings is 2. The molecule has 2 aromatic carbocycles. The highest BCUT2D eigenvalue weighted by molar-refractivity contribution is 6.03. The first kappa shape index (κ1) is 39.0. The number of anilines is 2. The van der Waals surface area contributed by atoms with E-state index >= 15 is 0 Å². The minimum atomic E-state index is -0.481. The molecular formula is C41H48N12O4. The molecule has 0 radical (unpaired) electrons. The predicted molar refractivity (Wildman–Crippen MR) is 216 cm³/mol. The van der Waals surface area contributed by atoms with Gasteiger partial charge in [0.05, 0.1) is 35.6 Å². The molecule has 16 nitrogen and oxygen atoms in total. The topological polar surface area (TPSA) is 204 Å². The first-order valence-corrected chi connectivity index (χ1v) is 19.7. The van der Waals surface area contributed by atoms with Crippen LogP contribution in [-0.4, -0.2) is 67.6 Å². The number of aryl methyl sites for hydroxylation is 1. The first-order chi connectivity index (χ1) is 27.6. The lowest BCUT2D eigenvalue weighted by Gasteiger charge is -2.26. The molecule has 0 spiro atoms. The molecule has 7 rings (SSSR count). The van der Waals surface area contributed by atoms with Crippen LogP contribution in [0.3, 0.4) is 0 Å². The van der Waals surface area contributed by atoms with Crippen LogP contribution in [0.5, 0.6) is 0 Å². The van der Waals surface area contributed by atoms with E-state index in [4.69, 9.17) is 5.53 Å². The number of rotatable bonds is 16. The fraction of sp³-hybridized carbons (Fsp3) is 0.439. The summed E-state index contributed by atoms with van der Waals surface area (Å²) in [5, 5.41) is 22.0. The lowest BCUT2D eigenvalue weighted by Crippen LogP contribution is -2.39. The van der Waals surface area contributed by atoms with Crippen molar-refractivity contribution in [3.8, 4) is 0 Å². The first-order valence-electron chi connectivity index (χ1n) is 19.7. The van der Waals surface area contributed by atoms with E-state index in [2.05, 4.69) is 77.2 Å². The van der Waals surface area contributed by atoms with Gasteiger partial charge in [0.1, 0.15) is 0 Å². The number of fused-ring (bicyclic) bond motifs is 2. The second kappa shape index (κ2) is 17.2. The van der Waals surface area contributed by atoms with Crippen molar-refractivity contribution < 1.29 is 19.2 Å². The van der Waals surface area contributed by atoms with Crippen molar-refractivity contribution in [3.63, 3.8) is 0 Å². The number of pyridine rings is 1. The fourth-order valence-corrected chi connectivity index (χ4v) is 7.99. The van der Waals surface area contributed by atoms with Crippen LogP contribution >= 0.6 is 0 Å². The van der Waals surface area contributed by atoms with Crippen LogP contribution in [0.1, 0.15) is 104 Å². The van der Waals surface area contributed by atoms with E-state index in [1.165, 1.54) is 5.56 Å². The quantitative estimate of drug-likeness (QED) is 0.0345. The Kier molecular flexibility index (Phi) is 11.8. The molecule has 2 aliphatic rings. The summed E-state index contributed by atoms with van der Waals surface area (Å²) in [5.74, 6) is -1.41. The summed E-state index contributed by atoms with van der Waals surface area (Å²) in [5.41, 5.74) is 14.6. The molecule has 296 valence electrons. The Morgan fingerprint density at radius 3 is 2.61 bits per heavy atom. The molecule has 0 bridgehead atoms. The normalized spacial score (nSPS) is 18.1. The molecule has 2 atom stereocenters. The summed E-state index contributed by atoms with van der Waals surface area (Å²) in [6, 6.07) is 18.0. The minimum absolute atomic E-state index is 0.000457. The number of piperidine rings is 1. The Hall–Kier alpha value is -6.28. The zero-order valence-electron chi connectivity index (χ0n) is 32.4. The van der Waals surface area contributed by atoms with E-state index in [-0.39, 0.29) is 47.8 Å². The van der Waals surface area contributed by atoms with Crippen molar-refractivity contribution >= 4 is 51.6 Å². The number of nitrogens with one attached hydrogen (secondary N) is 3. The smallest absolute Gasteiger partial charge is 0.290 e. The third-order valence-corrected chi connectivity index (χ3v) is 11.2. The highest BCUT2D eigenvalue weighted by Gasteiger charge is 2.36. The third-order valence-electron chi connectivity index (χ3n) is 11.2. The van der Waals surface area contributed by atoms with E-state index < -0.39 is 5.92 Å². The van der Waals surface area contributed by atoms with Gasteiger partial charge in [-0.1, -0.05) is 68.1 Å². The van der Waals surface area contributed by atoms with Gasteiger partial charge in [-0.05, 0) is 61.0 Å². The summed E-state index contributed by atoms with van der Waals surface area (Å²) in [7, 11) is 1.80. The van der Waals surface area contributed by atoms with Gasteiger partial charge in [-0.3, -0.25) is 29.2 Å². The Labute approximate surface area is 330 Å². The number of carbonyl (C=O) groups is 4. The number of amides is 4. The van der Waals surface area contributed by atoms with Crippen molar-refractivity contribution in [3.05, 3.63) is 93.9 Å². The molecule has 2 aliphatic heterocycles. The maximum atomic E-state index is 13.1. The zero-order valence-corrected chi connectivity index (χ0v) is 32.4. The monoisotopic (exact) mass is 772 g/mol. The number of nitrogens with zero attached hydrogens (tertiary/aromatic N) is 9. The van der Waals surface area contributed by atoms with Crippen LogP contribution in [0.4, 0.5) is 11.4 Å². The molecule has 5 aromatic rings. The maximum Gasteiger partial charge on any atom is 0.290 e. The van der Waals surface area contributed by atoms with Crippen LogP contribution in [-0.2, 0) is 33.4 Å². The van der Waals surface area contributed by atoms with Crippen molar-refractivity contribution in [2.45, 2.75) is 89.0 Å². The number of unbranched alkanes of at least 4 members (excludes halogenated alkanes) is 5. The van der Waals surface area contributed by atoms with Gasteiger partial charge in [0.2, 0.25) is 23.5 Å². The number of carbonyl (C=O) groups excluding carboxylic acids is 4. The molecule has 5 heterocycles. The van der Waals surface area contributed by atoms with Crippen molar-refractivity contribution in [2.75, 3.05) is 29.9 Å². The highest BCUT2D eigenvalue weighted by Crippen LogP contribution is 2.37. The summed E-state index contributed by atoms with van der Waals surface area (Å²) in [6.07, 6.45) is 9.40. The Bertz CT molecular complexity index is 2350. The average molecular weight is 773 g/mol. The largest absolute Gasteiger partial charge is 0.369 e. The second-order valence-electron chi connectivity index (χ2n) is 15.3. The number of azide groups is 1. The number of imide groups is 1. The van der Waals surface area contributed by atoms with E-state index in [9.17, 15) is 19.2 Å². The molecule has 57 heavy (non-hydrogen) atoms. The van der Waals surface area contributed by atoms with Crippen LogP contribution in [0.2, 0.25) is 0 Å². The van der Waals surface area contributed by atoms with Gasteiger partial charge in [-0.25, -0.2) is 9.50 Å². The van der Waals surface area contributed by atoms with Crippen LogP contribution in [0, 0.1) is 0 Å². The summed E-state index contributed by atoms with van der Waals surface area (Å²) >= 11 is 0. The lowest BCUT2D eigenvalue weighted by atomic mass is 9.82. The van der Waals surface area contributed by atoms with Gasteiger partial charge in [-0.15, -0.1) is 5.10 Å². The molecular weight excluding hydrogens is 725 g/mol. The Morgan fingerprint density at radius 1 is 1.04 bits per heavy atom. The molecule has 3 aromatic heterocycles. The molecule has 2 fully saturated rings. The van der Waals surface area contributed by atoms with Gasteiger partial charge >= 0.3 is 0 Å². The van der Waals surface area contributed by atoms with Gasteiger partial charge in [0.15, 0.2) is 5.65 Å². The van der Waals surface area contributed by atoms with E-state index in [0.717, 1.165) is 74.6 Å². The molecule has 0 aliphatic carbocycles. The predicted octanol–water partition coefficient (Wildman–Crippen LogP) is 6.21. The lowest BCUT2D eigenvalue weighted by molar-refractivity contribution is -0.134. The van der Waals surface area contributed by atoms with Gasteiger partial charge in [0.25, 0.3) is 5.91 Å². The van der Waals surface area contributed by atoms with Crippen LogP contribution in [0.15, 0.2) is 65.9 Å².